The molecule has 1 aliphatic rings. The Kier molecular flexibility index (Phi) is 6.22. The molecule has 0 radical (unpaired) electrons. The number of anilines is 2. The first-order valence-corrected chi connectivity index (χ1v) is 10.3. The number of hydrogen-bond donors (Lipinski definition) is 1. The molecule has 9 nitrogen and oxygen atoms in total. The first-order chi connectivity index (χ1) is 15.0. The van der Waals surface area contributed by atoms with Gasteiger partial charge >= 0.3 is 0 Å². The fraction of sp³-hybridized carbons (Fsp3) is 0.333. The topological polar surface area (TPSA) is 102 Å². The van der Waals surface area contributed by atoms with Crippen LogP contribution in [-0.2, 0) is 16.1 Å². The van der Waals surface area contributed by atoms with Crippen LogP contribution in [0.1, 0.15) is 19.3 Å². The van der Waals surface area contributed by atoms with Crippen LogP contribution in [-0.4, -0.2) is 46.8 Å². The molecule has 10 heteroatoms. The predicted molar refractivity (Wildman–Crippen MR) is 115 cm³/mol. The van der Waals surface area contributed by atoms with E-state index in [9.17, 15) is 9.59 Å². The Morgan fingerprint density at radius 3 is 2.90 bits per heavy atom. The van der Waals surface area contributed by atoms with Crippen LogP contribution in [0.15, 0.2) is 40.9 Å². The summed E-state index contributed by atoms with van der Waals surface area (Å²) in [6.07, 6.45) is 1.08. The van der Waals surface area contributed by atoms with Gasteiger partial charge in [0, 0.05) is 48.6 Å². The number of amides is 1. The minimum Gasteiger partial charge on any atom is -0.480 e. The zero-order valence-corrected chi connectivity index (χ0v) is 17.8. The highest BCUT2D eigenvalue weighted by Gasteiger charge is 2.22. The number of aryl methyl sites for hydroxylation is 1. The molecular formula is C21H22ClN5O4. The van der Waals surface area contributed by atoms with Gasteiger partial charge in [-0.25, -0.2) is 4.68 Å². The molecule has 0 bridgehead atoms. The minimum atomic E-state index is -0.313. The molecule has 1 N–H and O–H groups in total. The third-order valence-electron chi connectivity index (χ3n) is 4.96. The molecule has 0 spiro atoms. The predicted octanol–water partition coefficient (Wildman–Crippen LogP) is 3.40. The van der Waals surface area contributed by atoms with Crippen LogP contribution < -0.4 is 15.0 Å². The lowest BCUT2D eigenvalue weighted by molar-refractivity contribution is -0.122. The Labute approximate surface area is 183 Å². The normalized spacial score (nSPS) is 13.0. The number of aromatic nitrogens is 3. The molecule has 1 aliphatic heterocycles. The molecule has 1 aromatic carbocycles. The number of hydrogen-bond acceptors (Lipinski definition) is 7. The monoisotopic (exact) mass is 443 g/mol. The van der Waals surface area contributed by atoms with Crippen molar-refractivity contribution < 1.29 is 18.8 Å². The van der Waals surface area contributed by atoms with E-state index in [-0.39, 0.29) is 37.0 Å². The molecule has 1 amide bonds. The van der Waals surface area contributed by atoms with Crippen LogP contribution in [0.4, 0.5) is 11.7 Å². The second kappa shape index (κ2) is 9.22. The number of nitrogens with one attached hydrogen (secondary N) is 1. The van der Waals surface area contributed by atoms with Crippen molar-refractivity contribution >= 4 is 35.0 Å². The number of carbonyl (C=O) groups excluding carboxylic acids is 2. The van der Waals surface area contributed by atoms with E-state index < -0.39 is 0 Å². The van der Waals surface area contributed by atoms with Gasteiger partial charge in [-0.2, -0.15) is 0 Å². The van der Waals surface area contributed by atoms with Crippen molar-refractivity contribution in [1.82, 2.24) is 14.9 Å². The van der Waals surface area contributed by atoms with E-state index in [1.165, 1.54) is 0 Å². The maximum absolute atomic E-state index is 12.4. The van der Waals surface area contributed by atoms with Crippen molar-refractivity contribution in [2.24, 2.45) is 0 Å². The van der Waals surface area contributed by atoms with Crippen molar-refractivity contribution in [3.63, 3.8) is 0 Å². The molecule has 0 saturated carbocycles. The van der Waals surface area contributed by atoms with Crippen LogP contribution >= 0.6 is 11.6 Å². The van der Waals surface area contributed by atoms with Crippen molar-refractivity contribution in [2.75, 3.05) is 30.4 Å². The van der Waals surface area contributed by atoms with Gasteiger partial charge in [0.2, 0.25) is 17.7 Å². The number of benzene rings is 1. The van der Waals surface area contributed by atoms with E-state index in [0.29, 0.717) is 16.6 Å². The molecule has 0 unspecified atom stereocenters. The quantitative estimate of drug-likeness (QED) is 0.569. The van der Waals surface area contributed by atoms with Crippen LogP contribution in [0.25, 0.3) is 11.3 Å². The maximum Gasteiger partial charge on any atom is 0.234 e. The number of carbonyl (C=O) groups is 2. The zero-order chi connectivity index (χ0) is 21.8. The van der Waals surface area contributed by atoms with Crippen molar-refractivity contribution in [2.45, 2.75) is 25.8 Å². The Morgan fingerprint density at radius 2 is 2.10 bits per heavy atom. The second-order valence-corrected chi connectivity index (χ2v) is 7.65. The Bertz CT molecular complexity index is 1090. The van der Waals surface area contributed by atoms with Crippen LogP contribution in [0.5, 0.6) is 5.88 Å². The lowest BCUT2D eigenvalue weighted by Gasteiger charge is -2.28. The van der Waals surface area contributed by atoms with E-state index >= 15 is 0 Å². The average molecular weight is 444 g/mol. The number of ether oxygens (including phenoxy) is 1. The fourth-order valence-corrected chi connectivity index (χ4v) is 3.64. The van der Waals surface area contributed by atoms with Gasteiger partial charge in [-0.05, 0) is 18.6 Å². The molecule has 0 aliphatic carbocycles. The summed E-state index contributed by atoms with van der Waals surface area (Å²) >= 11 is 5.99. The molecule has 4 rings (SSSR count). The fourth-order valence-electron chi connectivity index (χ4n) is 3.45. The second-order valence-electron chi connectivity index (χ2n) is 7.22. The number of methoxy groups -OCH3 is 1. The number of fused-ring (bicyclic) bond motifs is 1. The lowest BCUT2D eigenvalue weighted by atomic mass is 10.1. The maximum atomic E-state index is 12.4. The van der Waals surface area contributed by atoms with Crippen molar-refractivity contribution in [1.29, 1.82) is 0 Å². The van der Waals surface area contributed by atoms with E-state index in [4.69, 9.17) is 20.9 Å². The van der Waals surface area contributed by atoms with E-state index in [1.807, 2.05) is 27.8 Å². The van der Waals surface area contributed by atoms with E-state index in [0.717, 1.165) is 30.9 Å². The highest BCUT2D eigenvalue weighted by atomic mass is 35.5. The number of ketones is 1. The van der Waals surface area contributed by atoms with Gasteiger partial charge < -0.3 is 14.2 Å². The van der Waals surface area contributed by atoms with Gasteiger partial charge in [0.15, 0.2) is 5.78 Å². The largest absolute Gasteiger partial charge is 0.480 e. The van der Waals surface area contributed by atoms with E-state index in [2.05, 4.69) is 15.6 Å². The molecule has 2 aromatic heterocycles. The number of nitrogens with zero attached hydrogens (tertiary/aromatic N) is 4. The molecule has 0 saturated heterocycles. The summed E-state index contributed by atoms with van der Waals surface area (Å²) in [6, 6.07) is 10.6. The highest BCUT2D eigenvalue weighted by Crippen LogP contribution is 2.26. The third kappa shape index (κ3) is 5.05. The summed E-state index contributed by atoms with van der Waals surface area (Å²) in [7, 11) is 1.56. The molecule has 162 valence electrons. The summed E-state index contributed by atoms with van der Waals surface area (Å²) in [6.45, 7) is 1.78. The minimum absolute atomic E-state index is 0.0269. The molecule has 3 heterocycles. The van der Waals surface area contributed by atoms with Gasteiger partial charge in [0.05, 0.1) is 13.7 Å². The SMILES string of the molecule is COc1cc2n(n1)CCCN2CC(=O)CCC(=O)Nc1cc(-c2cccc(Cl)c2)no1. The van der Waals surface area contributed by atoms with Crippen LogP contribution in [0.2, 0.25) is 5.02 Å². The molecule has 31 heavy (non-hydrogen) atoms. The first-order valence-electron chi connectivity index (χ1n) is 9.93. The zero-order valence-electron chi connectivity index (χ0n) is 17.0. The summed E-state index contributed by atoms with van der Waals surface area (Å²) in [5.74, 6) is 1.27. The molecule has 0 fully saturated rings. The van der Waals surface area contributed by atoms with Gasteiger partial charge in [0.1, 0.15) is 11.5 Å². The summed E-state index contributed by atoms with van der Waals surface area (Å²) in [4.78, 5) is 26.6. The van der Waals surface area contributed by atoms with Gasteiger partial charge in [-0.3, -0.25) is 14.9 Å². The Hall–Kier alpha value is -3.33. The molecule has 0 atom stereocenters. The average Bonchev–Trinajstić information content (AvgIpc) is 3.39. The smallest absolute Gasteiger partial charge is 0.234 e. The molecule has 3 aromatic rings. The Balaban J connectivity index is 1.28. The van der Waals surface area contributed by atoms with Gasteiger partial charge in [0.25, 0.3) is 0 Å². The Morgan fingerprint density at radius 1 is 1.23 bits per heavy atom. The summed E-state index contributed by atoms with van der Waals surface area (Å²) < 4.78 is 12.2. The van der Waals surface area contributed by atoms with Gasteiger partial charge in [-0.1, -0.05) is 28.9 Å². The lowest BCUT2D eigenvalue weighted by Crippen LogP contribution is -2.36. The third-order valence-corrected chi connectivity index (χ3v) is 5.19. The number of halogens is 1. The van der Waals surface area contributed by atoms with Crippen LogP contribution in [0, 0.1) is 0 Å². The summed E-state index contributed by atoms with van der Waals surface area (Å²) in [5.41, 5.74) is 1.34. The standard InChI is InChI=1S/C21H22ClN5O4/c1-30-20-12-21-26(8-3-9-27(21)24-20)13-16(28)6-7-18(29)23-19-11-17(25-31-19)14-4-2-5-15(22)10-14/h2,4-5,10-12H,3,6-9,13H2,1H3,(H,23,29). The number of rotatable bonds is 8. The van der Waals surface area contributed by atoms with Crippen LogP contribution in [0.3, 0.4) is 0 Å². The number of Topliss-reactive ketones (excluding diaryl/α,β-unsaturated/α-hetero) is 1. The molecular weight excluding hydrogens is 422 g/mol. The first kappa shape index (κ1) is 20.9. The van der Waals surface area contributed by atoms with Gasteiger partial charge in [-0.15, -0.1) is 5.10 Å². The van der Waals surface area contributed by atoms with E-state index in [1.54, 1.807) is 25.3 Å². The summed E-state index contributed by atoms with van der Waals surface area (Å²) in [5, 5.41) is 11.5. The highest BCUT2D eigenvalue weighted by molar-refractivity contribution is 6.30. The van der Waals surface area contributed by atoms with Crippen molar-refractivity contribution in [3.8, 4) is 17.1 Å². The van der Waals surface area contributed by atoms with Crippen molar-refractivity contribution in [3.05, 3.63) is 41.4 Å².